The number of aliphatic carboxylic acids is 1. The number of halogens is 5. The molecule has 0 aliphatic heterocycles. The van der Waals surface area contributed by atoms with Crippen LogP contribution in [0.25, 0.3) is 22.3 Å². The lowest BCUT2D eigenvalue weighted by Gasteiger charge is -2.18. The number of hydrogen-bond acceptors (Lipinski definition) is 4. The number of pyridine rings is 1. The van der Waals surface area contributed by atoms with Gasteiger partial charge in [0.15, 0.2) is 0 Å². The molecule has 4 aromatic rings. The van der Waals surface area contributed by atoms with Crippen molar-refractivity contribution >= 4 is 40.8 Å². The Morgan fingerprint density at radius 1 is 0.927 bits per heavy atom. The van der Waals surface area contributed by atoms with E-state index in [1.807, 2.05) is 49.4 Å². The average molecular weight is 602 g/mol. The molecule has 41 heavy (non-hydrogen) atoms. The van der Waals surface area contributed by atoms with Crippen LogP contribution in [-0.2, 0) is 17.5 Å². The number of carbonyl (C=O) groups excluding carboxylic acids is 1. The SMILES string of the molecule is Cc1cc(NCc2c(Cl)cc(C(F)(F)F)cc2-c2ccc(C(=O)NCCC(=O)O)nc2)ccc1-c1ccc(Cl)cc1. The Bertz CT molecular complexity index is 1580. The van der Waals surface area contributed by atoms with Gasteiger partial charge in [-0.15, -0.1) is 0 Å². The van der Waals surface area contributed by atoms with Crippen LogP contribution in [0.1, 0.15) is 33.6 Å². The molecule has 0 saturated heterocycles. The van der Waals surface area contributed by atoms with Crippen LogP contribution in [0.4, 0.5) is 18.9 Å². The number of carboxylic acid groups (broad SMARTS) is 1. The summed E-state index contributed by atoms with van der Waals surface area (Å²) in [6, 6.07) is 17.9. The fraction of sp³-hybridized carbons (Fsp3) is 0.167. The number of amides is 1. The minimum absolute atomic E-state index is 0.00635. The summed E-state index contributed by atoms with van der Waals surface area (Å²) in [5.74, 6) is -1.66. The van der Waals surface area contributed by atoms with Gasteiger partial charge >= 0.3 is 12.1 Å². The highest BCUT2D eigenvalue weighted by Crippen LogP contribution is 2.38. The topological polar surface area (TPSA) is 91.3 Å². The Morgan fingerprint density at radius 3 is 2.24 bits per heavy atom. The van der Waals surface area contributed by atoms with E-state index in [4.69, 9.17) is 28.3 Å². The van der Waals surface area contributed by atoms with Gasteiger partial charge < -0.3 is 15.7 Å². The van der Waals surface area contributed by atoms with Gasteiger partial charge in [0.25, 0.3) is 5.91 Å². The number of rotatable bonds is 9. The van der Waals surface area contributed by atoms with Gasteiger partial charge in [-0.2, -0.15) is 13.2 Å². The van der Waals surface area contributed by atoms with E-state index in [1.54, 1.807) is 0 Å². The smallest absolute Gasteiger partial charge is 0.416 e. The average Bonchev–Trinajstić information content (AvgIpc) is 2.92. The molecule has 0 unspecified atom stereocenters. The fourth-order valence-electron chi connectivity index (χ4n) is 4.22. The zero-order valence-corrected chi connectivity index (χ0v) is 23.2. The Morgan fingerprint density at radius 2 is 1.63 bits per heavy atom. The molecule has 0 bridgehead atoms. The van der Waals surface area contributed by atoms with Crippen LogP contribution in [0.2, 0.25) is 10.0 Å². The summed E-state index contributed by atoms with van der Waals surface area (Å²) < 4.78 is 40.9. The standard InChI is InChI=1S/C30H24Cl2F3N3O3/c1-17-12-22(7-8-23(17)18-2-5-21(31)6-3-18)37-16-25-24(13-20(14-26(25)32)30(33,34)35)19-4-9-27(38-15-19)29(41)36-11-10-28(39)40/h2-9,12-15,37H,10-11,16H2,1H3,(H,36,41)(H,39,40). The predicted molar refractivity (Wildman–Crippen MR) is 153 cm³/mol. The highest BCUT2D eigenvalue weighted by molar-refractivity contribution is 6.32. The van der Waals surface area contributed by atoms with Gasteiger partial charge in [-0.1, -0.05) is 47.5 Å². The molecule has 0 fully saturated rings. The van der Waals surface area contributed by atoms with E-state index in [0.29, 0.717) is 16.1 Å². The molecule has 0 spiro atoms. The predicted octanol–water partition coefficient (Wildman–Crippen LogP) is 7.87. The van der Waals surface area contributed by atoms with Gasteiger partial charge in [-0.25, -0.2) is 0 Å². The first kappa shape index (κ1) is 29.9. The maximum absolute atomic E-state index is 13.6. The van der Waals surface area contributed by atoms with Gasteiger partial charge in [0, 0.05) is 40.6 Å². The molecule has 4 rings (SSSR count). The van der Waals surface area contributed by atoms with E-state index in [-0.39, 0.29) is 35.8 Å². The van der Waals surface area contributed by atoms with Crippen molar-refractivity contribution in [3.05, 3.63) is 105 Å². The second-order valence-electron chi connectivity index (χ2n) is 9.20. The number of alkyl halides is 3. The van der Waals surface area contributed by atoms with Crippen LogP contribution in [0.15, 0.2) is 72.9 Å². The van der Waals surface area contributed by atoms with E-state index < -0.39 is 23.6 Å². The first-order chi connectivity index (χ1) is 19.4. The van der Waals surface area contributed by atoms with Gasteiger partial charge in [-0.05, 0) is 77.2 Å². The van der Waals surface area contributed by atoms with E-state index in [2.05, 4.69) is 15.6 Å². The zero-order valence-electron chi connectivity index (χ0n) is 21.7. The summed E-state index contributed by atoms with van der Waals surface area (Å²) in [5.41, 5.74) is 3.76. The maximum atomic E-state index is 13.6. The normalized spacial score (nSPS) is 11.3. The van der Waals surface area contributed by atoms with Crippen molar-refractivity contribution in [1.82, 2.24) is 10.3 Å². The third-order valence-corrected chi connectivity index (χ3v) is 6.89. The zero-order chi connectivity index (χ0) is 29.7. The van der Waals surface area contributed by atoms with Crippen molar-refractivity contribution in [2.24, 2.45) is 0 Å². The molecule has 3 aromatic carbocycles. The lowest BCUT2D eigenvalue weighted by atomic mass is 9.97. The lowest BCUT2D eigenvalue weighted by Crippen LogP contribution is -2.26. The van der Waals surface area contributed by atoms with Crippen LogP contribution in [0, 0.1) is 6.92 Å². The van der Waals surface area contributed by atoms with Crippen molar-refractivity contribution in [1.29, 1.82) is 0 Å². The number of anilines is 1. The quantitative estimate of drug-likeness (QED) is 0.181. The Labute approximate surface area is 244 Å². The molecule has 6 nitrogen and oxygen atoms in total. The summed E-state index contributed by atoms with van der Waals surface area (Å²) in [6.45, 7) is 1.98. The van der Waals surface area contributed by atoms with E-state index in [9.17, 15) is 22.8 Å². The number of nitrogens with zero attached hydrogens (tertiary/aromatic N) is 1. The number of nitrogens with one attached hydrogen (secondary N) is 2. The molecule has 0 atom stereocenters. The summed E-state index contributed by atoms with van der Waals surface area (Å²) >= 11 is 12.4. The second-order valence-corrected chi connectivity index (χ2v) is 10.0. The largest absolute Gasteiger partial charge is 0.481 e. The molecule has 0 aliphatic carbocycles. The highest BCUT2D eigenvalue weighted by atomic mass is 35.5. The first-order valence-corrected chi connectivity index (χ1v) is 13.1. The molecular weight excluding hydrogens is 578 g/mol. The minimum Gasteiger partial charge on any atom is -0.481 e. The van der Waals surface area contributed by atoms with E-state index in [0.717, 1.165) is 34.5 Å². The minimum atomic E-state index is -4.63. The van der Waals surface area contributed by atoms with Crippen molar-refractivity contribution in [3.63, 3.8) is 0 Å². The van der Waals surface area contributed by atoms with Crippen LogP contribution in [0.3, 0.4) is 0 Å². The van der Waals surface area contributed by atoms with Gasteiger partial charge in [0.1, 0.15) is 5.69 Å². The van der Waals surface area contributed by atoms with Crippen molar-refractivity contribution in [2.75, 3.05) is 11.9 Å². The van der Waals surface area contributed by atoms with Crippen LogP contribution < -0.4 is 10.6 Å². The number of benzene rings is 3. The van der Waals surface area contributed by atoms with Gasteiger partial charge in [0.2, 0.25) is 0 Å². The molecule has 1 aromatic heterocycles. The molecular formula is C30H24Cl2F3N3O3. The summed E-state index contributed by atoms with van der Waals surface area (Å²) in [4.78, 5) is 27.0. The van der Waals surface area contributed by atoms with Crippen molar-refractivity contribution < 1.29 is 27.9 Å². The third kappa shape index (κ3) is 7.56. The monoisotopic (exact) mass is 601 g/mol. The fourth-order valence-corrected chi connectivity index (χ4v) is 4.63. The number of hydrogen-bond donors (Lipinski definition) is 3. The van der Waals surface area contributed by atoms with Gasteiger partial charge in [-0.3, -0.25) is 14.6 Å². The molecule has 212 valence electrons. The molecule has 3 N–H and O–H groups in total. The molecule has 0 saturated carbocycles. The summed E-state index contributed by atoms with van der Waals surface area (Å²) in [5, 5.41) is 15.0. The van der Waals surface area contributed by atoms with Crippen LogP contribution >= 0.6 is 23.2 Å². The van der Waals surface area contributed by atoms with E-state index in [1.165, 1.54) is 18.3 Å². The van der Waals surface area contributed by atoms with Crippen LogP contribution in [0.5, 0.6) is 0 Å². The molecule has 0 aliphatic rings. The summed E-state index contributed by atoms with van der Waals surface area (Å²) in [7, 11) is 0. The number of aromatic nitrogens is 1. The lowest BCUT2D eigenvalue weighted by molar-refractivity contribution is -0.138. The van der Waals surface area contributed by atoms with E-state index >= 15 is 0 Å². The van der Waals surface area contributed by atoms with Gasteiger partial charge in [0.05, 0.1) is 12.0 Å². The molecule has 1 amide bonds. The number of aryl methyl sites for hydroxylation is 1. The Balaban J connectivity index is 1.60. The Kier molecular flexibility index (Phi) is 9.20. The Hall–Kier alpha value is -4.08. The number of carbonyl (C=O) groups is 2. The molecule has 1 heterocycles. The van der Waals surface area contributed by atoms with Crippen molar-refractivity contribution in [2.45, 2.75) is 26.1 Å². The first-order valence-electron chi connectivity index (χ1n) is 12.4. The van der Waals surface area contributed by atoms with Crippen molar-refractivity contribution in [3.8, 4) is 22.3 Å². The highest BCUT2D eigenvalue weighted by Gasteiger charge is 2.32. The van der Waals surface area contributed by atoms with Crippen LogP contribution in [-0.4, -0.2) is 28.5 Å². The molecule has 0 radical (unpaired) electrons. The third-order valence-electron chi connectivity index (χ3n) is 6.31. The maximum Gasteiger partial charge on any atom is 0.416 e. The molecule has 11 heteroatoms. The second kappa shape index (κ2) is 12.6. The summed E-state index contributed by atoms with van der Waals surface area (Å²) in [6.07, 6.45) is -3.60. The number of carboxylic acids is 1.